The minimum Gasteiger partial charge on any atom is -0.379 e. The van der Waals surface area contributed by atoms with Gasteiger partial charge in [0.05, 0.1) is 10.6 Å². The van der Waals surface area contributed by atoms with Crippen molar-refractivity contribution in [2.75, 3.05) is 5.32 Å². The number of anilines is 1. The van der Waals surface area contributed by atoms with Gasteiger partial charge in [0.1, 0.15) is 11.6 Å². The summed E-state index contributed by atoms with van der Waals surface area (Å²) in [6, 6.07) is 6.58. The van der Waals surface area contributed by atoms with Crippen molar-refractivity contribution in [3.05, 3.63) is 67.7 Å². The number of non-ortho nitro benzene ring substituents is 1. The van der Waals surface area contributed by atoms with Crippen molar-refractivity contribution in [1.82, 2.24) is 0 Å². The lowest BCUT2D eigenvalue weighted by Crippen LogP contribution is -2.03. The maximum absolute atomic E-state index is 13.7. The second-order valence-electron chi connectivity index (χ2n) is 4.51. The molecule has 0 atom stereocenters. The molecule has 0 radical (unpaired) electrons. The third kappa shape index (κ3) is 3.75. The van der Waals surface area contributed by atoms with Crippen LogP contribution in [0.15, 0.2) is 34.8 Å². The molecule has 2 aromatic rings. The van der Waals surface area contributed by atoms with E-state index in [0.717, 1.165) is 12.1 Å². The highest BCUT2D eigenvalue weighted by Crippen LogP contribution is 2.23. The van der Waals surface area contributed by atoms with Gasteiger partial charge in [-0.1, -0.05) is 15.9 Å². The van der Waals surface area contributed by atoms with Crippen molar-refractivity contribution in [2.45, 2.75) is 13.5 Å². The SMILES string of the molecule is Cc1cc(F)c(NCc2cc(Br)cc([N+](=O)[O-])c2)cc1F. The highest BCUT2D eigenvalue weighted by atomic mass is 79.9. The zero-order chi connectivity index (χ0) is 15.6. The summed E-state index contributed by atoms with van der Waals surface area (Å²) in [7, 11) is 0. The smallest absolute Gasteiger partial charge is 0.270 e. The number of aryl methyl sites for hydroxylation is 1. The van der Waals surface area contributed by atoms with E-state index < -0.39 is 16.6 Å². The molecule has 2 aromatic carbocycles. The topological polar surface area (TPSA) is 55.2 Å². The largest absolute Gasteiger partial charge is 0.379 e. The van der Waals surface area contributed by atoms with E-state index in [9.17, 15) is 18.9 Å². The minimum absolute atomic E-state index is 0.0146. The number of halogens is 3. The van der Waals surface area contributed by atoms with Crippen molar-refractivity contribution in [1.29, 1.82) is 0 Å². The fraction of sp³-hybridized carbons (Fsp3) is 0.143. The number of nitrogens with one attached hydrogen (secondary N) is 1. The van der Waals surface area contributed by atoms with Crippen LogP contribution >= 0.6 is 15.9 Å². The summed E-state index contributed by atoms with van der Waals surface area (Å²) in [6.07, 6.45) is 0. The van der Waals surface area contributed by atoms with Gasteiger partial charge >= 0.3 is 0 Å². The lowest BCUT2D eigenvalue weighted by atomic mass is 10.1. The van der Waals surface area contributed by atoms with Crippen LogP contribution in [0.1, 0.15) is 11.1 Å². The molecule has 0 heterocycles. The van der Waals surface area contributed by atoms with Crippen LogP contribution in [0.2, 0.25) is 0 Å². The molecule has 0 bridgehead atoms. The highest BCUT2D eigenvalue weighted by molar-refractivity contribution is 9.10. The van der Waals surface area contributed by atoms with Gasteiger partial charge in [-0.2, -0.15) is 0 Å². The molecule has 1 N–H and O–H groups in total. The van der Waals surface area contributed by atoms with Crippen LogP contribution in [0.4, 0.5) is 20.2 Å². The van der Waals surface area contributed by atoms with Gasteiger partial charge in [0.15, 0.2) is 0 Å². The van der Waals surface area contributed by atoms with Crippen molar-refractivity contribution >= 4 is 27.3 Å². The molecule has 0 aliphatic carbocycles. The van der Waals surface area contributed by atoms with Crippen LogP contribution in [0.25, 0.3) is 0 Å². The van der Waals surface area contributed by atoms with E-state index >= 15 is 0 Å². The van der Waals surface area contributed by atoms with Gasteiger partial charge in [0.2, 0.25) is 0 Å². The number of nitrogens with zero attached hydrogens (tertiary/aromatic N) is 1. The molecular weight excluding hydrogens is 346 g/mol. The number of hydrogen-bond acceptors (Lipinski definition) is 3. The Hall–Kier alpha value is -2.02. The third-order valence-corrected chi connectivity index (χ3v) is 3.34. The Labute approximate surface area is 128 Å². The Kier molecular flexibility index (Phi) is 4.52. The van der Waals surface area contributed by atoms with Gasteiger partial charge in [-0.15, -0.1) is 0 Å². The molecule has 4 nitrogen and oxygen atoms in total. The molecule has 0 amide bonds. The first-order valence-electron chi connectivity index (χ1n) is 6.00. The van der Waals surface area contributed by atoms with E-state index in [1.54, 1.807) is 6.07 Å². The van der Waals surface area contributed by atoms with Crippen LogP contribution in [0.5, 0.6) is 0 Å². The molecule has 7 heteroatoms. The van der Waals surface area contributed by atoms with E-state index in [4.69, 9.17) is 0 Å². The van der Waals surface area contributed by atoms with E-state index in [-0.39, 0.29) is 23.5 Å². The van der Waals surface area contributed by atoms with Crippen molar-refractivity contribution in [3.63, 3.8) is 0 Å². The van der Waals surface area contributed by atoms with Gasteiger partial charge in [-0.05, 0) is 30.2 Å². The average Bonchev–Trinajstić information content (AvgIpc) is 2.40. The van der Waals surface area contributed by atoms with Gasteiger partial charge in [0.25, 0.3) is 5.69 Å². The summed E-state index contributed by atoms with van der Waals surface area (Å²) in [5.74, 6) is -1.09. The number of nitro benzene ring substituents is 1. The van der Waals surface area contributed by atoms with Crippen LogP contribution < -0.4 is 5.32 Å². The molecular formula is C14H11BrF2N2O2. The second kappa shape index (κ2) is 6.17. The van der Waals surface area contributed by atoms with Crippen LogP contribution in [0, 0.1) is 28.7 Å². The molecule has 0 saturated heterocycles. The van der Waals surface area contributed by atoms with E-state index in [1.165, 1.54) is 19.1 Å². The van der Waals surface area contributed by atoms with Crippen LogP contribution in [-0.4, -0.2) is 4.92 Å². The third-order valence-electron chi connectivity index (χ3n) is 2.88. The first kappa shape index (κ1) is 15.4. The molecule has 0 saturated carbocycles. The Morgan fingerprint density at radius 1 is 1.19 bits per heavy atom. The quantitative estimate of drug-likeness (QED) is 0.645. The molecule has 0 aliphatic heterocycles. The summed E-state index contributed by atoms with van der Waals surface area (Å²) in [5, 5.41) is 13.5. The zero-order valence-electron chi connectivity index (χ0n) is 11.0. The second-order valence-corrected chi connectivity index (χ2v) is 5.43. The summed E-state index contributed by atoms with van der Waals surface area (Å²) >= 11 is 3.18. The first-order chi connectivity index (χ1) is 9.86. The summed E-state index contributed by atoms with van der Waals surface area (Å²) in [4.78, 5) is 10.3. The predicted molar refractivity (Wildman–Crippen MR) is 79.2 cm³/mol. The maximum Gasteiger partial charge on any atom is 0.270 e. The molecule has 21 heavy (non-hydrogen) atoms. The normalized spacial score (nSPS) is 10.5. The maximum atomic E-state index is 13.7. The Morgan fingerprint density at radius 3 is 2.57 bits per heavy atom. The number of rotatable bonds is 4. The zero-order valence-corrected chi connectivity index (χ0v) is 12.6. The lowest BCUT2D eigenvalue weighted by molar-refractivity contribution is -0.385. The monoisotopic (exact) mass is 356 g/mol. The van der Waals surface area contributed by atoms with Crippen molar-refractivity contribution < 1.29 is 13.7 Å². The summed E-state index contributed by atoms with van der Waals surface area (Å²) in [6.45, 7) is 1.61. The number of benzene rings is 2. The average molecular weight is 357 g/mol. The van der Waals surface area contributed by atoms with Gasteiger partial charge in [0, 0.05) is 29.2 Å². The molecule has 0 aliphatic rings. The molecule has 0 aromatic heterocycles. The lowest BCUT2D eigenvalue weighted by Gasteiger charge is -2.09. The van der Waals surface area contributed by atoms with E-state index in [1.807, 2.05) is 0 Å². The van der Waals surface area contributed by atoms with E-state index in [0.29, 0.717) is 10.0 Å². The first-order valence-corrected chi connectivity index (χ1v) is 6.79. The molecule has 110 valence electrons. The van der Waals surface area contributed by atoms with E-state index in [2.05, 4.69) is 21.2 Å². The predicted octanol–water partition coefficient (Wildman–Crippen LogP) is 4.56. The molecule has 0 spiro atoms. The highest BCUT2D eigenvalue weighted by Gasteiger charge is 2.10. The van der Waals surface area contributed by atoms with Gasteiger partial charge in [-0.3, -0.25) is 10.1 Å². The van der Waals surface area contributed by atoms with Crippen LogP contribution in [0.3, 0.4) is 0 Å². The number of nitro groups is 1. The van der Waals surface area contributed by atoms with Gasteiger partial charge < -0.3 is 5.32 Å². The Bertz CT molecular complexity index is 708. The standard InChI is InChI=1S/C14H11BrF2N2O2/c1-8-2-13(17)14(6-12(8)16)18-7-9-3-10(15)5-11(4-9)19(20)21/h2-6,18H,7H2,1H3. The summed E-state index contributed by atoms with van der Waals surface area (Å²) in [5.41, 5.74) is 0.741. The van der Waals surface area contributed by atoms with Crippen molar-refractivity contribution in [2.24, 2.45) is 0 Å². The minimum atomic E-state index is -0.571. The van der Waals surface area contributed by atoms with Crippen LogP contribution in [-0.2, 0) is 6.54 Å². The van der Waals surface area contributed by atoms with Crippen molar-refractivity contribution in [3.8, 4) is 0 Å². The summed E-state index contributed by atoms with van der Waals surface area (Å²) < 4.78 is 27.6. The fourth-order valence-electron chi connectivity index (χ4n) is 1.82. The Balaban J connectivity index is 2.20. The number of hydrogen-bond donors (Lipinski definition) is 1. The molecule has 0 unspecified atom stereocenters. The van der Waals surface area contributed by atoms with Gasteiger partial charge in [-0.25, -0.2) is 8.78 Å². The Morgan fingerprint density at radius 2 is 1.90 bits per heavy atom. The molecule has 0 fully saturated rings. The fourth-order valence-corrected chi connectivity index (χ4v) is 2.35. The molecule has 2 rings (SSSR count).